The molecule has 0 aromatic carbocycles. The van der Waals surface area contributed by atoms with Crippen LogP contribution in [0.1, 0.15) is 98.7 Å². The van der Waals surface area contributed by atoms with Gasteiger partial charge in [-0.1, -0.05) is 18.8 Å². The minimum atomic E-state index is -0.875. The molecule has 0 bridgehead atoms. The zero-order valence-electron chi connectivity index (χ0n) is 24.8. The number of amides is 2. The van der Waals surface area contributed by atoms with Gasteiger partial charge in [0, 0.05) is 24.9 Å². The highest BCUT2D eigenvalue weighted by Gasteiger charge is 2.40. The summed E-state index contributed by atoms with van der Waals surface area (Å²) in [5.74, 6) is 5.16. The third kappa shape index (κ3) is 7.50. The largest absolute Gasteiger partial charge is 0.519 e. The van der Waals surface area contributed by atoms with Crippen LogP contribution in [0.2, 0.25) is 0 Å². The Bertz CT molecular complexity index is 1390. The molecule has 2 aromatic rings. The number of anilines is 1. The summed E-state index contributed by atoms with van der Waals surface area (Å²) in [7, 11) is 1.76. The van der Waals surface area contributed by atoms with E-state index < -0.39 is 17.8 Å². The van der Waals surface area contributed by atoms with Crippen molar-refractivity contribution in [2.75, 3.05) is 18.5 Å². The third-order valence-corrected chi connectivity index (χ3v) is 8.70. The molecule has 1 saturated carbocycles. The molecule has 41 heavy (non-hydrogen) atoms. The van der Waals surface area contributed by atoms with Crippen LogP contribution in [0.25, 0.3) is 0 Å². The summed E-state index contributed by atoms with van der Waals surface area (Å²) in [6.07, 6.45) is 5.51. The predicted molar refractivity (Wildman–Crippen MR) is 156 cm³/mol. The first-order chi connectivity index (χ1) is 19.3. The molecular weight excluding hydrogens is 544 g/mol. The second-order valence-electron chi connectivity index (χ2n) is 12.3. The number of aryl methyl sites for hydroxylation is 1. The molecule has 3 heterocycles. The van der Waals surface area contributed by atoms with E-state index >= 15 is 0 Å². The van der Waals surface area contributed by atoms with E-state index in [-0.39, 0.29) is 46.2 Å². The minimum Gasteiger partial charge on any atom is -0.453 e. The maximum absolute atomic E-state index is 14.3. The quantitative estimate of drug-likeness (QED) is 0.324. The Morgan fingerprint density at radius 1 is 1.12 bits per heavy atom. The summed E-state index contributed by atoms with van der Waals surface area (Å²) < 4.78 is 15.4. The van der Waals surface area contributed by atoms with Crippen LogP contribution in [0.5, 0.6) is 0 Å². The molecule has 2 fully saturated rings. The number of thiophene rings is 1. The normalized spacial score (nSPS) is 21.6. The van der Waals surface area contributed by atoms with Crippen molar-refractivity contribution in [3.8, 4) is 11.8 Å². The van der Waals surface area contributed by atoms with Crippen molar-refractivity contribution >= 4 is 34.8 Å². The summed E-state index contributed by atoms with van der Waals surface area (Å²) in [4.78, 5) is 57.0. The van der Waals surface area contributed by atoms with Gasteiger partial charge in [-0.15, -0.1) is 11.3 Å². The number of hydrogen-bond donors (Lipinski definition) is 0. The molecule has 0 radical (unpaired) electrons. The van der Waals surface area contributed by atoms with Gasteiger partial charge in [0.2, 0.25) is 11.8 Å². The standard InChI is InChI=1S/C31H40N2O7S/c1-19-10-12-21(13-11-19)27(34)33(23-9-7-8-16-32(6)28(23)35)24-17-22(14-15-31(3,4)5)41-26(24)29(36)38-18-25-20(2)39-30(37)40-25/h17,19,21,23H,7-13,16,18H2,1-6H3/t19-,21-,23-/m0/s1. The SMILES string of the molecule is Cc1oc(=O)oc1COC(=O)c1sc(C#CC(C)(C)C)cc1N(C(=O)[C@H]1CC[C@H](C)CC1)[C@H]1CCCCN(C)C1=O. The van der Waals surface area contributed by atoms with Gasteiger partial charge in [0.1, 0.15) is 10.9 Å². The van der Waals surface area contributed by atoms with Crippen molar-refractivity contribution in [3.05, 3.63) is 38.0 Å². The number of nitrogens with zero attached hydrogens (tertiary/aromatic N) is 2. The van der Waals surface area contributed by atoms with Gasteiger partial charge in [-0.25, -0.2) is 9.59 Å². The Morgan fingerprint density at radius 3 is 2.46 bits per heavy atom. The maximum Gasteiger partial charge on any atom is 0.519 e. The van der Waals surface area contributed by atoms with Crippen LogP contribution in [0.3, 0.4) is 0 Å². The second-order valence-corrected chi connectivity index (χ2v) is 13.3. The average molecular weight is 585 g/mol. The minimum absolute atomic E-state index is 0.110. The number of hydrogen-bond acceptors (Lipinski definition) is 8. The number of esters is 1. The molecule has 1 atom stereocenters. The van der Waals surface area contributed by atoms with Crippen molar-refractivity contribution in [1.82, 2.24) is 4.90 Å². The molecule has 1 aliphatic heterocycles. The lowest BCUT2D eigenvalue weighted by Crippen LogP contribution is -2.52. The molecule has 10 heteroatoms. The van der Waals surface area contributed by atoms with Crippen LogP contribution < -0.4 is 10.7 Å². The van der Waals surface area contributed by atoms with Gasteiger partial charge in [0.05, 0.1) is 10.6 Å². The fourth-order valence-electron chi connectivity index (χ4n) is 5.28. The Kier molecular flexibility index (Phi) is 9.48. The van der Waals surface area contributed by atoms with Gasteiger partial charge >= 0.3 is 11.8 Å². The van der Waals surface area contributed by atoms with Gasteiger partial charge in [-0.05, 0) is 84.6 Å². The average Bonchev–Trinajstić information content (AvgIpc) is 3.43. The topological polar surface area (TPSA) is 110 Å². The second kappa shape index (κ2) is 12.7. The first-order valence-corrected chi connectivity index (χ1v) is 15.2. The molecule has 0 unspecified atom stereocenters. The molecule has 2 aliphatic rings. The highest BCUT2D eigenvalue weighted by Crippen LogP contribution is 2.38. The van der Waals surface area contributed by atoms with E-state index in [0.29, 0.717) is 29.4 Å². The highest BCUT2D eigenvalue weighted by molar-refractivity contribution is 7.15. The molecule has 0 spiro atoms. The number of carbonyl (C=O) groups is 3. The lowest BCUT2D eigenvalue weighted by molar-refractivity contribution is -0.134. The van der Waals surface area contributed by atoms with Crippen LogP contribution >= 0.6 is 11.3 Å². The molecule has 222 valence electrons. The van der Waals surface area contributed by atoms with E-state index in [1.54, 1.807) is 29.8 Å². The summed E-state index contributed by atoms with van der Waals surface area (Å²) in [6.45, 7) is 10.0. The lowest BCUT2D eigenvalue weighted by atomic mass is 9.82. The summed E-state index contributed by atoms with van der Waals surface area (Å²) in [5, 5.41) is 0. The molecule has 9 nitrogen and oxygen atoms in total. The van der Waals surface area contributed by atoms with Crippen LogP contribution in [0.15, 0.2) is 19.7 Å². The fraction of sp³-hybridized carbons (Fsp3) is 0.613. The van der Waals surface area contributed by atoms with E-state index in [1.807, 2.05) is 20.8 Å². The molecular formula is C31H40N2O7S. The Labute approximate surface area is 245 Å². The number of rotatable bonds is 6. The molecule has 2 amide bonds. The van der Waals surface area contributed by atoms with Crippen LogP contribution in [-0.2, 0) is 20.9 Å². The van der Waals surface area contributed by atoms with E-state index in [0.717, 1.165) is 49.9 Å². The lowest BCUT2D eigenvalue weighted by Gasteiger charge is -2.36. The van der Waals surface area contributed by atoms with Crippen molar-refractivity contribution in [1.29, 1.82) is 0 Å². The monoisotopic (exact) mass is 584 g/mol. The Hall–Kier alpha value is -3.32. The predicted octanol–water partition coefficient (Wildman–Crippen LogP) is 5.53. The highest BCUT2D eigenvalue weighted by atomic mass is 32.1. The number of likely N-dealkylation sites (N-methyl/N-ethyl adjacent to an activating group) is 1. The molecule has 4 rings (SSSR count). The zero-order valence-corrected chi connectivity index (χ0v) is 25.7. The van der Waals surface area contributed by atoms with Gasteiger partial charge in [0.25, 0.3) is 0 Å². The van der Waals surface area contributed by atoms with E-state index in [2.05, 4.69) is 18.8 Å². The fourth-order valence-corrected chi connectivity index (χ4v) is 6.18. The Morgan fingerprint density at radius 2 is 1.83 bits per heavy atom. The summed E-state index contributed by atoms with van der Waals surface area (Å²) in [5.41, 5.74) is 0.0657. The first-order valence-electron chi connectivity index (χ1n) is 14.4. The van der Waals surface area contributed by atoms with Crippen molar-refractivity contribution in [2.45, 2.75) is 92.2 Å². The van der Waals surface area contributed by atoms with Crippen LogP contribution in [0.4, 0.5) is 5.69 Å². The van der Waals surface area contributed by atoms with Crippen molar-refractivity contribution < 1.29 is 28.0 Å². The Balaban J connectivity index is 1.78. The maximum atomic E-state index is 14.3. The summed E-state index contributed by atoms with van der Waals surface area (Å²) in [6, 6.07) is 1.01. The smallest absolute Gasteiger partial charge is 0.453 e. The van der Waals surface area contributed by atoms with Gasteiger partial charge < -0.3 is 18.5 Å². The zero-order chi connectivity index (χ0) is 29.9. The third-order valence-electron chi connectivity index (χ3n) is 7.68. The number of likely N-dealkylation sites (tertiary alicyclic amines) is 1. The molecule has 1 saturated heterocycles. The number of ether oxygens (including phenoxy) is 1. The van der Waals surface area contributed by atoms with E-state index in [4.69, 9.17) is 13.6 Å². The molecule has 1 aliphatic carbocycles. The van der Waals surface area contributed by atoms with Crippen molar-refractivity contribution in [2.24, 2.45) is 17.3 Å². The van der Waals surface area contributed by atoms with Crippen LogP contribution in [0, 0.1) is 36.0 Å². The van der Waals surface area contributed by atoms with Gasteiger partial charge in [-0.3, -0.25) is 14.5 Å². The molecule has 2 aromatic heterocycles. The van der Waals surface area contributed by atoms with Gasteiger partial charge in [0.15, 0.2) is 18.1 Å². The molecule has 0 N–H and O–H groups in total. The van der Waals surface area contributed by atoms with E-state index in [1.165, 1.54) is 0 Å². The number of carbonyl (C=O) groups excluding carboxylic acids is 3. The van der Waals surface area contributed by atoms with Crippen molar-refractivity contribution in [3.63, 3.8) is 0 Å². The van der Waals surface area contributed by atoms with Crippen LogP contribution in [-0.4, -0.2) is 42.3 Å². The van der Waals surface area contributed by atoms with E-state index in [9.17, 15) is 19.2 Å². The van der Waals surface area contributed by atoms with Gasteiger partial charge in [-0.2, -0.15) is 0 Å². The summed E-state index contributed by atoms with van der Waals surface area (Å²) >= 11 is 1.13. The first kappa shape index (κ1) is 30.6.